The van der Waals surface area contributed by atoms with Crippen LogP contribution in [0.4, 0.5) is 23.2 Å². The van der Waals surface area contributed by atoms with Crippen molar-refractivity contribution in [3.63, 3.8) is 0 Å². The molecule has 0 saturated heterocycles. The van der Waals surface area contributed by atoms with Crippen LogP contribution in [0.1, 0.15) is 33.9 Å². The first-order valence-electron chi connectivity index (χ1n) is 10.5. The zero-order valence-electron chi connectivity index (χ0n) is 18.5. The maximum absolute atomic E-state index is 13.8. The number of halogens is 6. The highest BCUT2D eigenvalue weighted by atomic mass is 35.5. The van der Waals surface area contributed by atoms with E-state index < -0.39 is 35.7 Å². The van der Waals surface area contributed by atoms with Gasteiger partial charge in [-0.15, -0.1) is 0 Å². The number of anilines is 1. The van der Waals surface area contributed by atoms with Crippen molar-refractivity contribution in [3.8, 4) is 0 Å². The summed E-state index contributed by atoms with van der Waals surface area (Å²) in [4.78, 5) is 16.6. The Morgan fingerprint density at radius 3 is 2.28 bits per heavy atom. The lowest BCUT2D eigenvalue weighted by Gasteiger charge is -2.21. The third-order valence-corrected chi connectivity index (χ3v) is 5.36. The van der Waals surface area contributed by atoms with Gasteiger partial charge in [-0.1, -0.05) is 35.3 Å². The highest BCUT2D eigenvalue weighted by molar-refractivity contribution is 6.31. The monoisotopic (exact) mass is 541 g/mol. The summed E-state index contributed by atoms with van der Waals surface area (Å²) >= 11 is 11.9. The van der Waals surface area contributed by atoms with Crippen molar-refractivity contribution >= 4 is 40.8 Å². The molecule has 0 aliphatic rings. The average Bonchev–Trinajstić information content (AvgIpc) is 2.77. The van der Waals surface area contributed by atoms with Gasteiger partial charge in [0.15, 0.2) is 0 Å². The van der Waals surface area contributed by atoms with Crippen molar-refractivity contribution in [2.24, 2.45) is 16.5 Å². The zero-order chi connectivity index (χ0) is 26.5. The maximum atomic E-state index is 13.8. The fraction of sp³-hybridized carbons (Fsp3) is 0.167. The number of alkyl halides is 3. The third-order valence-electron chi connectivity index (χ3n) is 4.90. The number of nitrogens with one attached hydrogen (secondary N) is 2. The molecule has 6 N–H and O–H groups in total. The molecule has 12 heteroatoms. The topological polar surface area (TPSA) is 106 Å². The number of hydrogen-bond donors (Lipinski definition) is 4. The number of carbonyl (C=O) groups excluding carboxylic acids is 1. The molecule has 2 atom stereocenters. The molecule has 36 heavy (non-hydrogen) atoms. The average molecular weight is 542 g/mol. The van der Waals surface area contributed by atoms with Gasteiger partial charge < -0.3 is 22.1 Å². The minimum atomic E-state index is -4.55. The third kappa shape index (κ3) is 7.92. The van der Waals surface area contributed by atoms with Crippen LogP contribution in [0.15, 0.2) is 71.7 Å². The molecule has 2 unspecified atom stereocenters. The summed E-state index contributed by atoms with van der Waals surface area (Å²) in [6.45, 7) is 0. The molecule has 0 fully saturated rings. The lowest BCUT2D eigenvalue weighted by molar-refractivity contribution is -0.137. The first kappa shape index (κ1) is 27.4. The van der Waals surface area contributed by atoms with Crippen LogP contribution >= 0.6 is 23.2 Å². The first-order valence-corrected chi connectivity index (χ1v) is 11.2. The highest BCUT2D eigenvalue weighted by Crippen LogP contribution is 2.29. The molecular formula is C24H21Cl2F4N5O. The van der Waals surface area contributed by atoms with Crippen molar-refractivity contribution in [2.45, 2.75) is 24.8 Å². The molecule has 190 valence electrons. The fourth-order valence-electron chi connectivity index (χ4n) is 3.21. The Bertz CT molecular complexity index is 1230. The Kier molecular flexibility index (Phi) is 8.91. The minimum absolute atomic E-state index is 0.0817. The van der Waals surface area contributed by atoms with Gasteiger partial charge in [0, 0.05) is 27.3 Å². The van der Waals surface area contributed by atoms with Crippen LogP contribution in [-0.2, 0) is 6.18 Å². The van der Waals surface area contributed by atoms with Gasteiger partial charge in [0.25, 0.3) is 5.91 Å². The summed E-state index contributed by atoms with van der Waals surface area (Å²) in [6.07, 6.45) is -5.21. The molecule has 0 aliphatic heterocycles. The van der Waals surface area contributed by atoms with Crippen LogP contribution in [0.5, 0.6) is 0 Å². The molecule has 0 radical (unpaired) electrons. The van der Waals surface area contributed by atoms with Gasteiger partial charge in [-0.25, -0.2) is 4.39 Å². The van der Waals surface area contributed by atoms with E-state index in [0.29, 0.717) is 5.02 Å². The Labute approximate surface area is 214 Å². The zero-order valence-corrected chi connectivity index (χ0v) is 20.0. The Hall–Kier alpha value is -3.18. The summed E-state index contributed by atoms with van der Waals surface area (Å²) in [5, 5.41) is 6.10. The second-order valence-corrected chi connectivity index (χ2v) is 8.64. The molecule has 0 saturated carbocycles. The number of aliphatic imine (C=N–C) groups is 1. The van der Waals surface area contributed by atoms with E-state index in [1.807, 2.05) is 0 Å². The summed E-state index contributed by atoms with van der Waals surface area (Å²) in [7, 11) is 0. The summed E-state index contributed by atoms with van der Waals surface area (Å²) < 4.78 is 52.3. The predicted molar refractivity (Wildman–Crippen MR) is 132 cm³/mol. The van der Waals surface area contributed by atoms with Crippen LogP contribution in [0.2, 0.25) is 10.0 Å². The largest absolute Gasteiger partial charge is 0.416 e. The molecular weight excluding hydrogens is 521 g/mol. The summed E-state index contributed by atoms with van der Waals surface area (Å²) in [5.74, 6) is -1.70. The van der Waals surface area contributed by atoms with Crippen molar-refractivity contribution in [1.82, 2.24) is 5.32 Å². The van der Waals surface area contributed by atoms with Gasteiger partial charge in [0.1, 0.15) is 5.82 Å². The fourth-order valence-corrected chi connectivity index (χ4v) is 3.63. The second kappa shape index (κ2) is 11.7. The van der Waals surface area contributed by atoms with Crippen molar-refractivity contribution in [1.29, 1.82) is 0 Å². The number of benzene rings is 3. The van der Waals surface area contributed by atoms with Crippen molar-refractivity contribution < 1.29 is 22.4 Å². The van der Waals surface area contributed by atoms with E-state index in [-0.39, 0.29) is 28.7 Å². The Morgan fingerprint density at radius 2 is 1.67 bits per heavy atom. The van der Waals surface area contributed by atoms with Crippen LogP contribution in [0, 0.1) is 5.82 Å². The van der Waals surface area contributed by atoms with E-state index in [4.69, 9.17) is 34.7 Å². The van der Waals surface area contributed by atoms with E-state index in [2.05, 4.69) is 15.6 Å². The van der Waals surface area contributed by atoms with E-state index >= 15 is 0 Å². The molecule has 0 spiro atoms. The molecule has 1 amide bonds. The predicted octanol–water partition coefficient (Wildman–Crippen LogP) is 5.72. The van der Waals surface area contributed by atoms with E-state index in [9.17, 15) is 22.4 Å². The quantitative estimate of drug-likeness (QED) is 0.138. The smallest absolute Gasteiger partial charge is 0.341 e. The number of hydrogen-bond acceptors (Lipinski definition) is 3. The van der Waals surface area contributed by atoms with Crippen molar-refractivity contribution in [3.05, 3.63) is 99.3 Å². The van der Waals surface area contributed by atoms with Crippen LogP contribution in [0.3, 0.4) is 0 Å². The number of nitrogens with two attached hydrogens (primary N) is 2. The van der Waals surface area contributed by atoms with Crippen molar-refractivity contribution in [2.75, 3.05) is 5.32 Å². The maximum Gasteiger partial charge on any atom is 0.416 e. The van der Waals surface area contributed by atoms with Gasteiger partial charge in [0.05, 0.1) is 11.7 Å². The van der Waals surface area contributed by atoms with Crippen LogP contribution in [-0.4, -0.2) is 18.0 Å². The number of amides is 1. The van der Waals surface area contributed by atoms with E-state index in [1.54, 1.807) is 24.3 Å². The number of rotatable bonds is 6. The highest BCUT2D eigenvalue weighted by Gasteiger charge is 2.30. The minimum Gasteiger partial charge on any atom is -0.341 e. The second-order valence-electron chi connectivity index (χ2n) is 7.77. The van der Waals surface area contributed by atoms with Gasteiger partial charge in [-0.05, 0) is 66.6 Å². The SMILES string of the molecule is NC(CC(N)c1cccc(Cl)c1)N/C(=N\C(=O)c1ccc(C(F)(F)F)cc1)Nc1cc(F)cc(Cl)c1. The molecule has 3 aromatic carbocycles. The number of carbonyl (C=O) groups is 1. The van der Waals surface area contributed by atoms with Gasteiger partial charge in [-0.2, -0.15) is 18.2 Å². The lowest BCUT2D eigenvalue weighted by Crippen LogP contribution is -2.46. The Morgan fingerprint density at radius 1 is 0.972 bits per heavy atom. The normalized spacial score (nSPS) is 13.7. The van der Waals surface area contributed by atoms with E-state index in [0.717, 1.165) is 42.0 Å². The molecule has 3 aromatic rings. The lowest BCUT2D eigenvalue weighted by atomic mass is 10.0. The molecule has 0 heterocycles. The first-order chi connectivity index (χ1) is 16.9. The molecule has 0 aromatic heterocycles. The van der Waals surface area contributed by atoms with Gasteiger partial charge >= 0.3 is 6.18 Å². The Balaban J connectivity index is 1.82. The molecule has 0 aliphatic carbocycles. The van der Waals surface area contributed by atoms with E-state index in [1.165, 1.54) is 6.07 Å². The summed E-state index contributed by atoms with van der Waals surface area (Å²) in [6, 6.07) is 13.5. The number of nitrogens with zero attached hydrogens (tertiary/aromatic N) is 1. The summed E-state index contributed by atoms with van der Waals surface area (Å²) in [5.41, 5.74) is 12.2. The van der Waals surface area contributed by atoms with Crippen LogP contribution in [0.25, 0.3) is 0 Å². The van der Waals surface area contributed by atoms with Gasteiger partial charge in [0.2, 0.25) is 5.96 Å². The molecule has 6 nitrogen and oxygen atoms in total. The number of guanidine groups is 1. The molecule has 0 bridgehead atoms. The van der Waals surface area contributed by atoms with Crippen LogP contribution < -0.4 is 22.1 Å². The molecule has 3 rings (SSSR count). The standard InChI is InChI=1S/C24H21Cl2F4N5O/c25-16-3-1-2-14(8-16)20(31)12-21(32)34-23(33-19-10-17(26)9-18(27)11-19)35-22(36)13-4-6-15(7-5-13)24(28,29)30/h1-11,20-21H,12,31-32H2,(H2,33,34,35,36). The van der Waals surface area contributed by atoms with Gasteiger partial charge in [-0.3, -0.25) is 4.79 Å².